The molecule has 0 spiro atoms. The quantitative estimate of drug-likeness (QED) is 0.678. The summed E-state index contributed by atoms with van der Waals surface area (Å²) in [6.07, 6.45) is 0. The maximum atomic E-state index is 12.4. The average Bonchev–Trinajstić information content (AvgIpc) is 2.71. The number of amides is 1. The van der Waals surface area contributed by atoms with Gasteiger partial charge in [0.25, 0.3) is 5.91 Å². The summed E-state index contributed by atoms with van der Waals surface area (Å²) in [5.74, 6) is -1.37. The molecule has 0 fully saturated rings. The molecule has 1 N–H and O–H groups in total. The molecule has 0 aliphatic carbocycles. The fraction of sp³-hybridized carbons (Fsp3) is 0.211. The van der Waals surface area contributed by atoms with E-state index in [1.807, 2.05) is 6.07 Å². The molecule has 1 amide bonds. The molecule has 9 nitrogen and oxygen atoms in total. The first-order valence-corrected chi connectivity index (χ1v) is 9.70. The minimum absolute atomic E-state index is 0.0441. The van der Waals surface area contributed by atoms with Crippen LogP contribution in [-0.2, 0) is 19.6 Å². The van der Waals surface area contributed by atoms with Gasteiger partial charge in [0.15, 0.2) is 6.61 Å². The minimum atomic E-state index is -3.86. The van der Waals surface area contributed by atoms with Crippen LogP contribution in [0.4, 0.5) is 5.69 Å². The summed E-state index contributed by atoms with van der Waals surface area (Å²) in [6.45, 7) is -0.569. The molecule has 10 heteroatoms. The van der Waals surface area contributed by atoms with E-state index in [1.165, 1.54) is 45.5 Å². The van der Waals surface area contributed by atoms with Crippen molar-refractivity contribution in [2.45, 2.75) is 4.90 Å². The fourth-order valence-electron chi connectivity index (χ4n) is 2.24. The number of carbonyl (C=O) groups is 2. The zero-order valence-corrected chi connectivity index (χ0v) is 16.8. The lowest BCUT2D eigenvalue weighted by Gasteiger charge is -2.15. The Labute approximate surface area is 168 Å². The van der Waals surface area contributed by atoms with Gasteiger partial charge in [-0.15, -0.1) is 0 Å². The van der Waals surface area contributed by atoms with Crippen molar-refractivity contribution in [1.29, 1.82) is 5.26 Å². The highest BCUT2D eigenvalue weighted by molar-refractivity contribution is 7.89. The van der Waals surface area contributed by atoms with Gasteiger partial charge >= 0.3 is 5.97 Å². The largest absolute Gasteiger partial charge is 0.495 e. The minimum Gasteiger partial charge on any atom is -0.495 e. The molecule has 0 unspecified atom stereocenters. The predicted octanol–water partition coefficient (Wildman–Crippen LogP) is 1.61. The number of nitriles is 1. The van der Waals surface area contributed by atoms with Crippen LogP contribution in [0.3, 0.4) is 0 Å². The maximum absolute atomic E-state index is 12.4. The van der Waals surface area contributed by atoms with E-state index in [2.05, 4.69) is 5.32 Å². The molecule has 0 aromatic heterocycles. The highest BCUT2D eigenvalue weighted by Crippen LogP contribution is 2.27. The molecule has 2 aromatic carbocycles. The number of benzene rings is 2. The highest BCUT2D eigenvalue weighted by atomic mass is 32.2. The van der Waals surface area contributed by atoms with Gasteiger partial charge in [-0.05, 0) is 42.5 Å². The van der Waals surface area contributed by atoms with Gasteiger partial charge in [0.1, 0.15) is 10.6 Å². The monoisotopic (exact) mass is 417 g/mol. The molecule has 0 heterocycles. The number of nitrogens with zero attached hydrogens (tertiary/aromatic N) is 2. The Hall–Kier alpha value is -3.42. The maximum Gasteiger partial charge on any atom is 0.338 e. The van der Waals surface area contributed by atoms with Crippen molar-refractivity contribution in [3.05, 3.63) is 53.6 Å². The molecule has 2 rings (SSSR count). The number of esters is 1. The first-order valence-electron chi connectivity index (χ1n) is 8.26. The molecule has 0 aliphatic rings. The second-order valence-corrected chi connectivity index (χ2v) is 8.09. The number of hydrogen-bond acceptors (Lipinski definition) is 7. The van der Waals surface area contributed by atoms with Crippen LogP contribution in [0.15, 0.2) is 47.4 Å². The lowest BCUT2D eigenvalue weighted by Crippen LogP contribution is -2.24. The van der Waals surface area contributed by atoms with Crippen molar-refractivity contribution < 1.29 is 27.5 Å². The normalized spacial score (nSPS) is 10.9. The van der Waals surface area contributed by atoms with E-state index in [1.54, 1.807) is 12.1 Å². The molecule has 0 bridgehead atoms. The van der Waals surface area contributed by atoms with Gasteiger partial charge in [-0.25, -0.2) is 17.5 Å². The highest BCUT2D eigenvalue weighted by Gasteiger charge is 2.24. The summed E-state index contributed by atoms with van der Waals surface area (Å²) in [7, 11) is 0.169. The van der Waals surface area contributed by atoms with Crippen molar-refractivity contribution in [3.63, 3.8) is 0 Å². The summed E-state index contributed by atoms with van der Waals surface area (Å²) in [5.41, 5.74) is 0.837. The Kier molecular flexibility index (Phi) is 6.93. The van der Waals surface area contributed by atoms with Crippen molar-refractivity contribution in [2.75, 3.05) is 33.1 Å². The number of hydrogen-bond donors (Lipinski definition) is 1. The summed E-state index contributed by atoms with van der Waals surface area (Å²) in [6, 6.07) is 11.9. The molecular formula is C19H19N3O6S. The van der Waals surface area contributed by atoms with Gasteiger partial charge < -0.3 is 14.8 Å². The Morgan fingerprint density at radius 2 is 1.79 bits per heavy atom. The lowest BCUT2D eigenvalue weighted by atomic mass is 10.2. The number of methoxy groups -OCH3 is 1. The van der Waals surface area contributed by atoms with E-state index in [0.717, 1.165) is 10.4 Å². The number of carbonyl (C=O) groups excluding carboxylic acids is 2. The molecule has 2 aromatic rings. The average molecular weight is 417 g/mol. The zero-order valence-electron chi connectivity index (χ0n) is 16.0. The standard InChI is InChI=1S/C19H19N3O6S/c1-22(2)29(25,26)17-10-14(6-9-16(17)27-3)19(24)28-12-18(23)21-15-7-4-13(11-20)5-8-15/h4-10H,12H2,1-3H3,(H,21,23). The second-order valence-electron chi connectivity index (χ2n) is 5.97. The van der Waals surface area contributed by atoms with Crippen LogP contribution in [0.25, 0.3) is 0 Å². The van der Waals surface area contributed by atoms with Gasteiger partial charge in [0, 0.05) is 19.8 Å². The third kappa shape index (κ3) is 5.31. The van der Waals surface area contributed by atoms with Gasteiger partial charge in [0.05, 0.1) is 24.3 Å². The zero-order chi connectivity index (χ0) is 21.6. The predicted molar refractivity (Wildman–Crippen MR) is 104 cm³/mol. The Bertz CT molecular complexity index is 1060. The van der Waals surface area contributed by atoms with E-state index < -0.39 is 28.5 Å². The van der Waals surface area contributed by atoms with Crippen molar-refractivity contribution in [2.24, 2.45) is 0 Å². The summed E-state index contributed by atoms with van der Waals surface area (Å²) in [4.78, 5) is 24.0. The van der Waals surface area contributed by atoms with E-state index in [9.17, 15) is 18.0 Å². The molecule has 0 radical (unpaired) electrons. The van der Waals surface area contributed by atoms with Crippen molar-refractivity contribution in [1.82, 2.24) is 4.31 Å². The van der Waals surface area contributed by atoms with Gasteiger partial charge in [-0.2, -0.15) is 5.26 Å². The number of anilines is 1. The van der Waals surface area contributed by atoms with Crippen LogP contribution in [0.1, 0.15) is 15.9 Å². The summed E-state index contributed by atoms with van der Waals surface area (Å²) >= 11 is 0. The van der Waals surface area contributed by atoms with Crippen molar-refractivity contribution >= 4 is 27.6 Å². The fourth-order valence-corrected chi connectivity index (χ4v) is 3.32. The lowest BCUT2D eigenvalue weighted by molar-refractivity contribution is -0.119. The smallest absolute Gasteiger partial charge is 0.338 e. The molecule has 0 aliphatic heterocycles. The first-order chi connectivity index (χ1) is 13.7. The SMILES string of the molecule is COc1ccc(C(=O)OCC(=O)Nc2ccc(C#N)cc2)cc1S(=O)(=O)N(C)C. The van der Waals surface area contributed by atoms with E-state index in [0.29, 0.717) is 11.3 Å². The molecule has 0 saturated heterocycles. The number of rotatable bonds is 7. The van der Waals surface area contributed by atoms with E-state index >= 15 is 0 Å². The Balaban J connectivity index is 2.08. The van der Waals surface area contributed by atoms with E-state index in [4.69, 9.17) is 14.7 Å². The number of nitrogens with one attached hydrogen (secondary N) is 1. The number of ether oxygens (including phenoxy) is 2. The molecule has 29 heavy (non-hydrogen) atoms. The van der Waals surface area contributed by atoms with Crippen LogP contribution in [0.2, 0.25) is 0 Å². The Morgan fingerprint density at radius 3 is 2.34 bits per heavy atom. The van der Waals surface area contributed by atoms with Gasteiger partial charge in [0.2, 0.25) is 10.0 Å². The van der Waals surface area contributed by atoms with Crippen LogP contribution >= 0.6 is 0 Å². The van der Waals surface area contributed by atoms with Crippen LogP contribution in [-0.4, -0.2) is 52.4 Å². The van der Waals surface area contributed by atoms with Gasteiger partial charge in [-0.3, -0.25) is 4.79 Å². The third-order valence-electron chi connectivity index (χ3n) is 3.79. The molecule has 0 saturated carbocycles. The summed E-state index contributed by atoms with van der Waals surface area (Å²) in [5, 5.41) is 11.3. The third-order valence-corrected chi connectivity index (χ3v) is 5.63. The van der Waals surface area contributed by atoms with E-state index in [-0.39, 0.29) is 16.2 Å². The molecule has 0 atom stereocenters. The molecular weight excluding hydrogens is 398 g/mol. The Morgan fingerprint density at radius 1 is 1.14 bits per heavy atom. The second kappa shape index (κ2) is 9.18. The summed E-state index contributed by atoms with van der Waals surface area (Å²) < 4.78 is 35.8. The van der Waals surface area contributed by atoms with Crippen molar-refractivity contribution in [3.8, 4) is 11.8 Å². The van der Waals surface area contributed by atoms with Gasteiger partial charge in [-0.1, -0.05) is 0 Å². The number of sulfonamides is 1. The molecule has 152 valence electrons. The van der Waals surface area contributed by atoms with Crippen LogP contribution in [0, 0.1) is 11.3 Å². The van der Waals surface area contributed by atoms with Crippen LogP contribution < -0.4 is 10.1 Å². The van der Waals surface area contributed by atoms with Crippen LogP contribution in [0.5, 0.6) is 5.75 Å². The topological polar surface area (TPSA) is 126 Å². The first kappa shape index (κ1) is 21.9.